The van der Waals surface area contributed by atoms with Crippen molar-refractivity contribution in [1.29, 1.82) is 0 Å². The van der Waals surface area contributed by atoms with Crippen molar-refractivity contribution in [3.63, 3.8) is 0 Å². The minimum absolute atomic E-state index is 0.167. The highest BCUT2D eigenvalue weighted by molar-refractivity contribution is 5.93. The van der Waals surface area contributed by atoms with Crippen LogP contribution in [0.1, 0.15) is 17.8 Å². The molecule has 152 valence electrons. The molecule has 4 rings (SSSR count). The monoisotopic (exact) mass is 404 g/mol. The number of fused-ring (bicyclic) bond motifs is 1. The summed E-state index contributed by atoms with van der Waals surface area (Å²) in [6.45, 7) is 1.76. The van der Waals surface area contributed by atoms with E-state index in [-0.39, 0.29) is 18.1 Å². The fraction of sp³-hybridized carbons (Fsp3) is 0.174. The Balaban J connectivity index is 1.62. The predicted molar refractivity (Wildman–Crippen MR) is 114 cm³/mol. The number of carbonyl (C=O) groups is 1. The molecule has 7 heteroatoms. The number of hydrogen-bond donors (Lipinski definition) is 2. The van der Waals surface area contributed by atoms with Gasteiger partial charge in [0, 0.05) is 29.2 Å². The fourth-order valence-electron chi connectivity index (χ4n) is 3.45. The molecular formula is C23H21FN4O2. The maximum absolute atomic E-state index is 13.9. The Bertz CT molecular complexity index is 1200. The topological polar surface area (TPSA) is 79.9 Å². The van der Waals surface area contributed by atoms with Crippen LogP contribution < -0.4 is 10.1 Å². The maximum Gasteiger partial charge on any atom is 0.225 e. The highest BCUT2D eigenvalue weighted by Gasteiger charge is 2.16. The normalized spacial score (nSPS) is 10.9. The van der Waals surface area contributed by atoms with Gasteiger partial charge in [-0.3, -0.25) is 4.79 Å². The molecule has 4 aromatic rings. The largest absolute Gasteiger partial charge is 0.497 e. The molecule has 0 aliphatic carbocycles. The van der Waals surface area contributed by atoms with E-state index in [4.69, 9.17) is 4.74 Å². The molecule has 30 heavy (non-hydrogen) atoms. The number of ether oxygens (including phenoxy) is 1. The molecule has 2 aromatic heterocycles. The van der Waals surface area contributed by atoms with E-state index in [2.05, 4.69) is 20.3 Å². The number of aromatic nitrogens is 3. The predicted octanol–water partition coefficient (Wildman–Crippen LogP) is 4.65. The number of methoxy groups -OCH3 is 1. The summed E-state index contributed by atoms with van der Waals surface area (Å²) in [5.41, 5.74) is 3.52. The average molecular weight is 404 g/mol. The van der Waals surface area contributed by atoms with Crippen LogP contribution in [0.5, 0.6) is 5.75 Å². The summed E-state index contributed by atoms with van der Waals surface area (Å²) in [4.78, 5) is 24.1. The van der Waals surface area contributed by atoms with Gasteiger partial charge in [-0.15, -0.1) is 0 Å². The van der Waals surface area contributed by atoms with Crippen molar-refractivity contribution in [3.05, 3.63) is 71.9 Å². The molecule has 0 aliphatic rings. The van der Waals surface area contributed by atoms with E-state index < -0.39 is 0 Å². The van der Waals surface area contributed by atoms with Crippen LogP contribution >= 0.6 is 0 Å². The van der Waals surface area contributed by atoms with Crippen molar-refractivity contribution in [2.24, 2.45) is 0 Å². The summed E-state index contributed by atoms with van der Waals surface area (Å²) in [5, 5.41) is 3.56. The van der Waals surface area contributed by atoms with Crippen molar-refractivity contribution in [1.82, 2.24) is 15.0 Å². The Morgan fingerprint density at radius 3 is 2.70 bits per heavy atom. The van der Waals surface area contributed by atoms with Gasteiger partial charge in [0.2, 0.25) is 5.91 Å². The van der Waals surface area contributed by atoms with Crippen LogP contribution in [0.3, 0.4) is 0 Å². The number of anilines is 1. The van der Waals surface area contributed by atoms with E-state index in [9.17, 15) is 9.18 Å². The second-order valence-corrected chi connectivity index (χ2v) is 6.93. The van der Waals surface area contributed by atoms with Crippen LogP contribution in [0, 0.1) is 12.7 Å². The molecule has 6 nitrogen and oxygen atoms in total. The first-order chi connectivity index (χ1) is 14.5. The molecule has 0 aliphatic heterocycles. The van der Waals surface area contributed by atoms with Crippen LogP contribution in [-0.2, 0) is 11.2 Å². The third kappa shape index (κ3) is 4.15. The van der Waals surface area contributed by atoms with Crippen LogP contribution in [0.15, 0.2) is 54.7 Å². The van der Waals surface area contributed by atoms with Gasteiger partial charge in [-0.2, -0.15) is 0 Å². The zero-order valence-electron chi connectivity index (χ0n) is 16.7. The molecule has 2 N–H and O–H groups in total. The molecule has 0 fully saturated rings. The van der Waals surface area contributed by atoms with Gasteiger partial charge in [0.1, 0.15) is 23.2 Å². The number of amides is 1. The smallest absolute Gasteiger partial charge is 0.225 e. The lowest BCUT2D eigenvalue weighted by Gasteiger charge is -2.08. The molecule has 1 amide bonds. The van der Waals surface area contributed by atoms with Crippen LogP contribution in [0.2, 0.25) is 0 Å². The third-order valence-corrected chi connectivity index (χ3v) is 4.89. The van der Waals surface area contributed by atoms with Gasteiger partial charge < -0.3 is 15.0 Å². The molecule has 2 heterocycles. The summed E-state index contributed by atoms with van der Waals surface area (Å²) in [6.07, 6.45) is 2.28. The SMILES string of the molecule is COc1ccc(-c2[nH]c3ccc(F)cc3c2CCC(=O)Nc2ccnc(C)n2)cc1. The number of benzene rings is 2. The van der Waals surface area contributed by atoms with Gasteiger partial charge in [0.05, 0.1) is 7.11 Å². The van der Waals surface area contributed by atoms with Crippen molar-refractivity contribution >= 4 is 22.6 Å². The highest BCUT2D eigenvalue weighted by atomic mass is 19.1. The summed E-state index contributed by atoms with van der Waals surface area (Å²) < 4.78 is 19.2. The first-order valence-electron chi connectivity index (χ1n) is 9.57. The Morgan fingerprint density at radius 1 is 1.17 bits per heavy atom. The second kappa shape index (κ2) is 8.32. The van der Waals surface area contributed by atoms with Gasteiger partial charge in [-0.25, -0.2) is 14.4 Å². The van der Waals surface area contributed by atoms with Gasteiger partial charge in [-0.05, 0) is 73.0 Å². The molecule has 0 atom stereocenters. The molecule has 0 bridgehead atoms. The molecular weight excluding hydrogens is 383 g/mol. The summed E-state index contributed by atoms with van der Waals surface area (Å²) in [5.74, 6) is 1.32. The number of halogens is 1. The average Bonchev–Trinajstić information content (AvgIpc) is 3.10. The fourth-order valence-corrected chi connectivity index (χ4v) is 3.45. The van der Waals surface area contributed by atoms with E-state index >= 15 is 0 Å². The van der Waals surface area contributed by atoms with Crippen LogP contribution in [0.4, 0.5) is 10.2 Å². The number of nitrogens with zero attached hydrogens (tertiary/aromatic N) is 2. The quantitative estimate of drug-likeness (QED) is 0.490. The lowest BCUT2D eigenvalue weighted by atomic mass is 10.0. The summed E-state index contributed by atoms with van der Waals surface area (Å²) >= 11 is 0. The van der Waals surface area contributed by atoms with Gasteiger partial charge in [0.15, 0.2) is 0 Å². The number of aromatic amines is 1. The van der Waals surface area contributed by atoms with Gasteiger partial charge in [0.25, 0.3) is 0 Å². The second-order valence-electron chi connectivity index (χ2n) is 6.93. The van der Waals surface area contributed by atoms with E-state index in [1.807, 2.05) is 24.3 Å². The Kier molecular flexibility index (Phi) is 5.43. The number of rotatable bonds is 6. The number of carbonyl (C=O) groups excluding carboxylic acids is 1. The Labute approximate surface area is 173 Å². The van der Waals surface area contributed by atoms with Crippen LogP contribution in [0.25, 0.3) is 22.2 Å². The summed E-state index contributed by atoms with van der Waals surface area (Å²) in [6, 6.07) is 13.9. The van der Waals surface area contributed by atoms with Crippen molar-refractivity contribution in [3.8, 4) is 17.0 Å². The standard InChI is InChI=1S/C23H21FN4O2/c1-14-25-12-11-21(26-14)28-22(29)10-8-18-19-13-16(24)5-9-20(19)27-23(18)15-3-6-17(30-2)7-4-15/h3-7,9,11-13,27H,8,10H2,1-2H3,(H,25,26,28,29). The van der Waals surface area contributed by atoms with E-state index in [1.165, 1.54) is 12.1 Å². The zero-order valence-corrected chi connectivity index (χ0v) is 16.7. The minimum atomic E-state index is -0.315. The van der Waals surface area contributed by atoms with Crippen molar-refractivity contribution in [2.45, 2.75) is 19.8 Å². The molecule has 0 saturated heterocycles. The van der Waals surface area contributed by atoms with Crippen LogP contribution in [-0.4, -0.2) is 28.0 Å². The maximum atomic E-state index is 13.9. The van der Waals surface area contributed by atoms with E-state index in [0.717, 1.165) is 33.5 Å². The Hall–Kier alpha value is -3.74. The number of H-pyrrole nitrogens is 1. The molecule has 0 saturated carbocycles. The zero-order chi connectivity index (χ0) is 21.1. The molecule has 0 radical (unpaired) electrons. The molecule has 0 spiro atoms. The Morgan fingerprint density at radius 2 is 1.97 bits per heavy atom. The first-order valence-corrected chi connectivity index (χ1v) is 9.57. The minimum Gasteiger partial charge on any atom is -0.497 e. The number of aryl methyl sites for hydroxylation is 2. The van der Waals surface area contributed by atoms with Gasteiger partial charge in [-0.1, -0.05) is 0 Å². The molecule has 0 unspecified atom stereocenters. The third-order valence-electron chi connectivity index (χ3n) is 4.89. The van der Waals surface area contributed by atoms with E-state index in [1.54, 1.807) is 32.4 Å². The van der Waals surface area contributed by atoms with Crippen molar-refractivity contribution < 1.29 is 13.9 Å². The first kappa shape index (κ1) is 19.6. The van der Waals surface area contributed by atoms with Gasteiger partial charge >= 0.3 is 0 Å². The van der Waals surface area contributed by atoms with Crippen molar-refractivity contribution in [2.75, 3.05) is 12.4 Å². The number of hydrogen-bond acceptors (Lipinski definition) is 4. The summed E-state index contributed by atoms with van der Waals surface area (Å²) in [7, 11) is 1.61. The van der Waals surface area contributed by atoms with E-state index in [0.29, 0.717) is 18.1 Å². The lowest BCUT2D eigenvalue weighted by Crippen LogP contribution is -2.14. The molecule has 2 aromatic carbocycles. The lowest BCUT2D eigenvalue weighted by molar-refractivity contribution is -0.116. The number of nitrogens with one attached hydrogen (secondary N) is 2. The highest BCUT2D eigenvalue weighted by Crippen LogP contribution is 2.32.